The fraction of sp³-hybridized carbons (Fsp3) is 0.500. The first-order valence-electron chi connectivity index (χ1n) is 5.55. The third-order valence-electron chi connectivity index (χ3n) is 2.97. The molecule has 4 heteroatoms. The van der Waals surface area contributed by atoms with E-state index in [1.54, 1.807) is 12.1 Å². The number of nitro benzene ring substituents is 1. The molecule has 0 aliphatic carbocycles. The molecule has 1 N–H and O–H groups in total. The first kappa shape index (κ1) is 12.5. The van der Waals surface area contributed by atoms with Gasteiger partial charge in [0.05, 0.1) is 4.92 Å². The molecule has 0 spiro atoms. The first-order valence-corrected chi connectivity index (χ1v) is 5.55. The van der Waals surface area contributed by atoms with E-state index in [0.29, 0.717) is 12.0 Å². The Morgan fingerprint density at radius 1 is 1.31 bits per heavy atom. The summed E-state index contributed by atoms with van der Waals surface area (Å²) in [6.07, 6.45) is 1.11. The van der Waals surface area contributed by atoms with E-state index < -0.39 is 0 Å². The van der Waals surface area contributed by atoms with Gasteiger partial charge < -0.3 is 5.32 Å². The summed E-state index contributed by atoms with van der Waals surface area (Å²) in [7, 11) is 0. The SMILES string of the molecule is CCC(C)C(C)Nc1ccc([N+](=O)[O-])cc1. The lowest BCUT2D eigenvalue weighted by Gasteiger charge is -2.20. The van der Waals surface area contributed by atoms with Crippen LogP contribution in [0.2, 0.25) is 0 Å². The van der Waals surface area contributed by atoms with Crippen LogP contribution in [-0.2, 0) is 0 Å². The van der Waals surface area contributed by atoms with Crippen LogP contribution < -0.4 is 5.32 Å². The van der Waals surface area contributed by atoms with Gasteiger partial charge in [0.1, 0.15) is 0 Å². The van der Waals surface area contributed by atoms with Gasteiger partial charge in [-0.05, 0) is 25.0 Å². The van der Waals surface area contributed by atoms with Gasteiger partial charge in [0.25, 0.3) is 5.69 Å². The molecule has 0 aliphatic heterocycles. The van der Waals surface area contributed by atoms with Crippen LogP contribution in [0.5, 0.6) is 0 Å². The number of rotatable bonds is 5. The lowest BCUT2D eigenvalue weighted by atomic mass is 10.0. The second-order valence-electron chi connectivity index (χ2n) is 4.12. The quantitative estimate of drug-likeness (QED) is 0.613. The Balaban J connectivity index is 2.65. The van der Waals surface area contributed by atoms with Crippen LogP contribution >= 0.6 is 0 Å². The van der Waals surface area contributed by atoms with Crippen molar-refractivity contribution in [3.05, 3.63) is 34.4 Å². The second-order valence-corrected chi connectivity index (χ2v) is 4.12. The molecular formula is C12H18N2O2. The van der Waals surface area contributed by atoms with Crippen molar-refractivity contribution in [3.63, 3.8) is 0 Å². The Morgan fingerprint density at radius 2 is 1.88 bits per heavy atom. The van der Waals surface area contributed by atoms with Gasteiger partial charge in [0, 0.05) is 23.9 Å². The monoisotopic (exact) mass is 222 g/mol. The van der Waals surface area contributed by atoms with Crippen molar-refractivity contribution in [1.82, 2.24) is 0 Å². The predicted molar refractivity (Wildman–Crippen MR) is 65.6 cm³/mol. The van der Waals surface area contributed by atoms with Crippen LogP contribution in [0.15, 0.2) is 24.3 Å². The molecule has 2 unspecified atom stereocenters. The Labute approximate surface area is 95.8 Å². The summed E-state index contributed by atoms with van der Waals surface area (Å²) in [5.41, 5.74) is 1.06. The van der Waals surface area contributed by atoms with E-state index >= 15 is 0 Å². The molecule has 16 heavy (non-hydrogen) atoms. The van der Waals surface area contributed by atoms with Gasteiger partial charge in [-0.2, -0.15) is 0 Å². The highest BCUT2D eigenvalue weighted by Crippen LogP contribution is 2.18. The van der Waals surface area contributed by atoms with Crippen LogP contribution in [-0.4, -0.2) is 11.0 Å². The predicted octanol–water partition coefficient (Wildman–Crippen LogP) is 3.44. The number of nitrogens with one attached hydrogen (secondary N) is 1. The molecule has 0 saturated carbocycles. The van der Waals surface area contributed by atoms with E-state index in [9.17, 15) is 10.1 Å². The van der Waals surface area contributed by atoms with Crippen LogP contribution in [0.3, 0.4) is 0 Å². The molecule has 0 radical (unpaired) electrons. The highest BCUT2D eigenvalue weighted by atomic mass is 16.6. The van der Waals surface area contributed by atoms with E-state index in [0.717, 1.165) is 12.1 Å². The first-order chi connectivity index (χ1) is 7.54. The number of hydrogen-bond donors (Lipinski definition) is 1. The molecule has 0 fully saturated rings. The fourth-order valence-electron chi connectivity index (χ4n) is 1.44. The van der Waals surface area contributed by atoms with Crippen molar-refractivity contribution >= 4 is 11.4 Å². The molecule has 0 aromatic heterocycles. The smallest absolute Gasteiger partial charge is 0.269 e. The second kappa shape index (κ2) is 5.49. The Hall–Kier alpha value is -1.58. The van der Waals surface area contributed by atoms with E-state index in [4.69, 9.17) is 0 Å². The summed E-state index contributed by atoms with van der Waals surface area (Å²) in [5.74, 6) is 0.579. The molecule has 2 atom stereocenters. The topological polar surface area (TPSA) is 55.2 Å². The van der Waals surface area contributed by atoms with Gasteiger partial charge in [0.15, 0.2) is 0 Å². The van der Waals surface area contributed by atoms with Gasteiger partial charge >= 0.3 is 0 Å². The highest BCUT2D eigenvalue weighted by molar-refractivity contribution is 5.49. The minimum Gasteiger partial charge on any atom is -0.382 e. The Bertz CT molecular complexity index is 349. The van der Waals surface area contributed by atoms with Crippen LogP contribution in [0.1, 0.15) is 27.2 Å². The molecule has 88 valence electrons. The zero-order chi connectivity index (χ0) is 12.1. The summed E-state index contributed by atoms with van der Waals surface area (Å²) in [6, 6.07) is 6.90. The van der Waals surface area contributed by atoms with Gasteiger partial charge in [-0.15, -0.1) is 0 Å². The molecule has 0 amide bonds. The van der Waals surface area contributed by atoms with Crippen LogP contribution in [0.4, 0.5) is 11.4 Å². The minimum absolute atomic E-state index is 0.127. The standard InChI is InChI=1S/C12H18N2O2/c1-4-9(2)10(3)13-11-5-7-12(8-6-11)14(15)16/h5-10,13H,4H2,1-3H3. The van der Waals surface area contributed by atoms with Crippen LogP contribution in [0, 0.1) is 16.0 Å². The van der Waals surface area contributed by atoms with Crippen molar-refractivity contribution in [3.8, 4) is 0 Å². The average molecular weight is 222 g/mol. The summed E-state index contributed by atoms with van der Waals surface area (Å²) in [4.78, 5) is 10.1. The number of nitrogens with zero attached hydrogens (tertiary/aromatic N) is 1. The Kier molecular flexibility index (Phi) is 4.28. The van der Waals surface area contributed by atoms with Gasteiger partial charge in [-0.25, -0.2) is 0 Å². The van der Waals surface area contributed by atoms with Gasteiger partial charge in [-0.3, -0.25) is 10.1 Å². The van der Waals surface area contributed by atoms with Gasteiger partial charge in [0.2, 0.25) is 0 Å². The summed E-state index contributed by atoms with van der Waals surface area (Å²) >= 11 is 0. The lowest BCUT2D eigenvalue weighted by Crippen LogP contribution is -2.23. The average Bonchev–Trinajstić information content (AvgIpc) is 2.28. The largest absolute Gasteiger partial charge is 0.382 e. The third-order valence-corrected chi connectivity index (χ3v) is 2.97. The van der Waals surface area contributed by atoms with Crippen molar-refractivity contribution in [2.75, 3.05) is 5.32 Å². The van der Waals surface area contributed by atoms with E-state index in [1.165, 1.54) is 12.1 Å². The zero-order valence-corrected chi connectivity index (χ0v) is 9.93. The normalized spacial score (nSPS) is 14.2. The molecule has 0 aliphatic rings. The molecule has 0 saturated heterocycles. The lowest BCUT2D eigenvalue weighted by molar-refractivity contribution is -0.384. The number of nitro groups is 1. The maximum atomic E-state index is 10.5. The van der Waals surface area contributed by atoms with Crippen molar-refractivity contribution in [2.45, 2.75) is 33.2 Å². The molecular weight excluding hydrogens is 204 g/mol. The van der Waals surface area contributed by atoms with Gasteiger partial charge in [-0.1, -0.05) is 20.3 Å². The molecule has 0 bridgehead atoms. The number of hydrogen-bond acceptors (Lipinski definition) is 3. The summed E-state index contributed by atoms with van der Waals surface area (Å²) < 4.78 is 0. The molecule has 1 aromatic rings. The van der Waals surface area contributed by atoms with Crippen LogP contribution in [0.25, 0.3) is 0 Å². The highest BCUT2D eigenvalue weighted by Gasteiger charge is 2.10. The number of benzene rings is 1. The summed E-state index contributed by atoms with van der Waals surface area (Å²) in [6.45, 7) is 6.46. The molecule has 0 heterocycles. The maximum absolute atomic E-state index is 10.5. The molecule has 4 nitrogen and oxygen atoms in total. The van der Waals surface area contributed by atoms with Crippen molar-refractivity contribution < 1.29 is 4.92 Å². The van der Waals surface area contributed by atoms with Crippen molar-refractivity contribution in [1.29, 1.82) is 0 Å². The minimum atomic E-state index is -0.387. The number of anilines is 1. The number of non-ortho nitro benzene ring substituents is 1. The zero-order valence-electron chi connectivity index (χ0n) is 9.93. The van der Waals surface area contributed by atoms with E-state index in [-0.39, 0.29) is 10.6 Å². The maximum Gasteiger partial charge on any atom is 0.269 e. The fourth-order valence-corrected chi connectivity index (χ4v) is 1.44. The molecule has 1 aromatic carbocycles. The Morgan fingerprint density at radius 3 is 2.31 bits per heavy atom. The van der Waals surface area contributed by atoms with Crippen molar-refractivity contribution in [2.24, 2.45) is 5.92 Å². The summed E-state index contributed by atoms with van der Waals surface area (Å²) in [5, 5.41) is 13.8. The molecule has 1 rings (SSSR count). The van der Waals surface area contributed by atoms with E-state index in [1.807, 2.05) is 0 Å². The third kappa shape index (κ3) is 3.22. The van der Waals surface area contributed by atoms with E-state index in [2.05, 4.69) is 26.1 Å².